The van der Waals surface area contributed by atoms with Gasteiger partial charge in [0.05, 0.1) is 28.1 Å². The minimum absolute atomic E-state index is 0.0684. The van der Waals surface area contributed by atoms with Crippen molar-refractivity contribution < 1.29 is 8.78 Å². The van der Waals surface area contributed by atoms with E-state index in [4.69, 9.17) is 0 Å². The smallest absolute Gasteiger partial charge is 0.123 e. The molecule has 10 aromatic rings. The summed E-state index contributed by atoms with van der Waals surface area (Å²) in [5, 5.41) is 4.62. The SMILES string of the molecule is FC1=CC=C(n2c3ccccc3c3cc(N(c4ccc(-c5ccc(N(c6ccccc6)c6ccc7c(c6)c6ccccc6n7-c6ccc(F)cc6)cc5)cc4)C4C=CC=CC4)ccc32)CC1. The van der Waals surface area contributed by atoms with E-state index in [0.29, 0.717) is 12.8 Å². The molecule has 2 aliphatic rings. The lowest BCUT2D eigenvalue weighted by Crippen LogP contribution is -2.29. The summed E-state index contributed by atoms with van der Waals surface area (Å²) in [5.74, 6) is -0.320. The number of halogens is 2. The third-order valence-corrected chi connectivity index (χ3v) is 13.2. The molecule has 0 saturated heterocycles. The molecule has 0 radical (unpaired) electrons. The number of nitrogens with zero attached hydrogens (tertiary/aromatic N) is 4. The zero-order chi connectivity index (χ0) is 44.1. The third kappa shape index (κ3) is 6.90. The van der Waals surface area contributed by atoms with Gasteiger partial charge in [-0.2, -0.15) is 0 Å². The molecule has 0 fully saturated rings. The maximum absolute atomic E-state index is 14.1. The summed E-state index contributed by atoms with van der Waals surface area (Å²) in [4.78, 5) is 4.75. The zero-order valence-electron chi connectivity index (χ0n) is 36.1. The third-order valence-electron chi connectivity index (χ3n) is 13.2. The highest BCUT2D eigenvalue weighted by molar-refractivity contribution is 6.12. The van der Waals surface area contributed by atoms with Gasteiger partial charge in [-0.25, -0.2) is 8.78 Å². The van der Waals surface area contributed by atoms with Gasteiger partial charge in [0, 0.05) is 67.8 Å². The number of benzene rings is 8. The van der Waals surface area contributed by atoms with Crippen molar-refractivity contribution in [3.05, 3.63) is 236 Å². The zero-order valence-corrected chi connectivity index (χ0v) is 36.1. The van der Waals surface area contributed by atoms with E-state index < -0.39 is 0 Å². The van der Waals surface area contributed by atoms with Crippen molar-refractivity contribution in [1.29, 1.82) is 0 Å². The molecule has 2 aliphatic carbocycles. The number of rotatable bonds is 9. The first-order chi connectivity index (χ1) is 32.6. The van der Waals surface area contributed by atoms with Gasteiger partial charge in [0.2, 0.25) is 0 Å². The topological polar surface area (TPSA) is 16.3 Å². The van der Waals surface area contributed by atoms with Gasteiger partial charge in [0.1, 0.15) is 11.6 Å². The van der Waals surface area contributed by atoms with Crippen LogP contribution in [0.25, 0.3) is 66.1 Å². The highest BCUT2D eigenvalue weighted by atomic mass is 19.1. The van der Waals surface area contributed by atoms with Gasteiger partial charge in [-0.1, -0.05) is 103 Å². The minimum Gasteiger partial charge on any atom is -0.334 e. The van der Waals surface area contributed by atoms with E-state index in [9.17, 15) is 8.78 Å². The van der Waals surface area contributed by atoms with Crippen molar-refractivity contribution >= 4 is 77.7 Å². The molecular formula is C60H44F2N4. The van der Waals surface area contributed by atoms with Crippen molar-refractivity contribution in [2.75, 3.05) is 9.80 Å². The lowest BCUT2D eigenvalue weighted by atomic mass is 10.0. The molecule has 1 unspecified atom stereocenters. The minimum atomic E-state index is -0.252. The lowest BCUT2D eigenvalue weighted by Gasteiger charge is -2.33. The van der Waals surface area contributed by atoms with Crippen molar-refractivity contribution in [1.82, 2.24) is 9.13 Å². The van der Waals surface area contributed by atoms with Crippen molar-refractivity contribution in [3.8, 4) is 16.8 Å². The summed E-state index contributed by atoms with van der Waals surface area (Å²) in [5.41, 5.74) is 14.1. The number of aromatic nitrogens is 2. The molecular weight excluding hydrogens is 815 g/mol. The Hall–Kier alpha value is -8.22. The van der Waals surface area contributed by atoms with E-state index in [1.54, 1.807) is 6.08 Å². The normalized spacial score (nSPS) is 14.8. The molecule has 0 spiro atoms. The predicted octanol–water partition coefficient (Wildman–Crippen LogP) is 16.7. The second-order valence-corrected chi connectivity index (χ2v) is 17.1. The molecule has 8 aromatic carbocycles. The van der Waals surface area contributed by atoms with E-state index in [0.717, 1.165) is 90.2 Å². The van der Waals surface area contributed by atoms with Gasteiger partial charge in [-0.15, -0.1) is 0 Å². The summed E-state index contributed by atoms with van der Waals surface area (Å²) in [6, 6.07) is 65.5. The second-order valence-electron chi connectivity index (χ2n) is 17.1. The first-order valence-corrected chi connectivity index (χ1v) is 22.6. The highest BCUT2D eigenvalue weighted by Gasteiger charge is 2.23. The van der Waals surface area contributed by atoms with Crippen LogP contribution in [0.2, 0.25) is 0 Å². The lowest BCUT2D eigenvalue weighted by molar-refractivity contribution is 0.587. The Balaban J connectivity index is 0.890. The Kier molecular flexibility index (Phi) is 9.79. The van der Waals surface area contributed by atoms with Crippen LogP contribution < -0.4 is 9.80 Å². The van der Waals surface area contributed by atoms with Crippen LogP contribution in [0.5, 0.6) is 0 Å². The molecule has 0 bridgehead atoms. The fraction of sp³-hybridized carbons (Fsp3) is 0.0667. The van der Waals surface area contributed by atoms with Crippen molar-refractivity contribution in [2.45, 2.75) is 25.3 Å². The second kappa shape index (κ2) is 16.4. The number of fused-ring (bicyclic) bond motifs is 6. The number of para-hydroxylation sites is 3. The van der Waals surface area contributed by atoms with Gasteiger partial charge in [-0.05, 0) is 145 Å². The fourth-order valence-corrected chi connectivity index (χ4v) is 10.1. The van der Waals surface area contributed by atoms with Crippen LogP contribution in [0.3, 0.4) is 0 Å². The van der Waals surface area contributed by atoms with Crippen LogP contribution in [0.1, 0.15) is 19.3 Å². The van der Waals surface area contributed by atoms with Crippen LogP contribution in [0.4, 0.5) is 37.2 Å². The van der Waals surface area contributed by atoms with Crippen molar-refractivity contribution in [2.24, 2.45) is 0 Å². The summed E-state index contributed by atoms with van der Waals surface area (Å²) >= 11 is 0. The van der Waals surface area contributed by atoms with Crippen LogP contribution in [-0.2, 0) is 0 Å². The van der Waals surface area contributed by atoms with Crippen LogP contribution in [0.15, 0.2) is 230 Å². The van der Waals surface area contributed by atoms with Crippen LogP contribution in [0, 0.1) is 5.82 Å². The Morgan fingerprint density at radius 2 is 1.00 bits per heavy atom. The first kappa shape index (κ1) is 39.4. The molecule has 0 N–H and O–H groups in total. The van der Waals surface area contributed by atoms with Crippen LogP contribution >= 0.6 is 0 Å². The molecule has 6 heteroatoms. The molecule has 12 rings (SSSR count). The average molecular weight is 859 g/mol. The quantitative estimate of drug-likeness (QED) is 0.144. The van der Waals surface area contributed by atoms with E-state index >= 15 is 0 Å². The number of anilines is 5. The molecule has 66 heavy (non-hydrogen) atoms. The standard InChI is InChI=1S/C60H44F2N4/c61-43-23-31-49(32-24-43)65-57-17-9-7-15-53(57)55-39-51(35-37-59(55)65)63(45-11-3-1-4-12-45)47-27-19-41(20-28-47)42-21-29-48(30-22-42)64(46-13-5-2-6-14-46)52-36-38-60-56(40-52)54-16-8-10-18-58(54)66(60)50-33-25-44(62)26-34-50/h1-13,15-25,27-33,35-40,46H,14,26,34H2. The van der Waals surface area contributed by atoms with E-state index in [1.165, 1.54) is 22.9 Å². The molecule has 2 heterocycles. The van der Waals surface area contributed by atoms with Crippen molar-refractivity contribution in [3.63, 3.8) is 0 Å². The maximum Gasteiger partial charge on any atom is 0.123 e. The molecule has 0 amide bonds. The van der Waals surface area contributed by atoms with Gasteiger partial charge >= 0.3 is 0 Å². The Bertz CT molecular complexity index is 3570. The van der Waals surface area contributed by atoms with Gasteiger partial charge in [-0.3, -0.25) is 0 Å². The summed E-state index contributed by atoms with van der Waals surface area (Å²) < 4.78 is 32.6. The number of hydrogen-bond donors (Lipinski definition) is 0. The van der Waals surface area contributed by atoms with E-state index in [2.05, 4.69) is 201 Å². The number of hydrogen-bond acceptors (Lipinski definition) is 2. The van der Waals surface area contributed by atoms with Gasteiger partial charge in [0.15, 0.2) is 0 Å². The Morgan fingerprint density at radius 3 is 1.65 bits per heavy atom. The molecule has 1 atom stereocenters. The molecule has 0 aliphatic heterocycles. The van der Waals surface area contributed by atoms with Gasteiger partial charge < -0.3 is 18.9 Å². The first-order valence-electron chi connectivity index (χ1n) is 22.6. The van der Waals surface area contributed by atoms with Crippen LogP contribution in [-0.4, -0.2) is 15.2 Å². The van der Waals surface area contributed by atoms with E-state index in [-0.39, 0.29) is 17.7 Å². The highest BCUT2D eigenvalue weighted by Crippen LogP contribution is 2.42. The number of allylic oxidation sites excluding steroid dienone is 6. The molecule has 4 nitrogen and oxygen atoms in total. The predicted molar refractivity (Wildman–Crippen MR) is 272 cm³/mol. The average Bonchev–Trinajstić information content (AvgIpc) is 3.88. The summed E-state index contributed by atoms with van der Waals surface area (Å²) in [7, 11) is 0. The Morgan fingerprint density at radius 1 is 0.439 bits per heavy atom. The summed E-state index contributed by atoms with van der Waals surface area (Å²) in [6.07, 6.45) is 14.3. The Labute approximate surface area is 382 Å². The largest absolute Gasteiger partial charge is 0.334 e. The molecule has 2 aromatic heterocycles. The van der Waals surface area contributed by atoms with Gasteiger partial charge in [0.25, 0.3) is 0 Å². The maximum atomic E-state index is 14.1. The monoisotopic (exact) mass is 858 g/mol. The fourth-order valence-electron chi connectivity index (χ4n) is 10.1. The molecule has 318 valence electrons. The summed E-state index contributed by atoms with van der Waals surface area (Å²) in [6.45, 7) is 0. The van der Waals surface area contributed by atoms with E-state index in [1.807, 2.05) is 24.3 Å². The molecule has 0 saturated carbocycles.